The molecule has 0 amide bonds. The molecule has 1 aliphatic rings. The Morgan fingerprint density at radius 2 is 1.38 bits per heavy atom. The van der Waals surface area contributed by atoms with Gasteiger partial charge in [0.15, 0.2) is 11.1 Å². The van der Waals surface area contributed by atoms with Gasteiger partial charge in [-0.1, -0.05) is 62.4 Å². The van der Waals surface area contributed by atoms with Crippen LogP contribution in [-0.2, 0) is 16.8 Å². The number of hydrogen-bond acceptors (Lipinski definition) is 1. The highest BCUT2D eigenvalue weighted by atomic mass is 32.2. The van der Waals surface area contributed by atoms with Gasteiger partial charge in [-0.2, -0.15) is 0 Å². The fraction of sp³-hybridized carbons (Fsp3) is 0.200. The summed E-state index contributed by atoms with van der Waals surface area (Å²) >= 11 is -1.84. The Kier molecular flexibility index (Phi) is 4.52. The molecule has 1 unspecified atom stereocenters. The zero-order valence-corrected chi connectivity index (χ0v) is 14.4. The van der Waals surface area contributed by atoms with Crippen LogP contribution in [0.15, 0.2) is 60.7 Å². The molecule has 1 aliphatic carbocycles. The molecule has 2 aromatic carbocycles. The summed E-state index contributed by atoms with van der Waals surface area (Å²) in [6.45, 7) is 4.26. The Bertz CT molecular complexity index is 831. The number of hydrogen-bond donors (Lipinski definition) is 1. The molecule has 124 valence electrons. The van der Waals surface area contributed by atoms with Crippen LogP contribution in [0.4, 0.5) is 4.39 Å². The molecule has 0 bridgehead atoms. The zero-order valence-electron chi connectivity index (χ0n) is 13.6. The summed E-state index contributed by atoms with van der Waals surface area (Å²) in [4.78, 5) is 0. The largest absolute Gasteiger partial charge is 0.306 e. The van der Waals surface area contributed by atoms with Crippen molar-refractivity contribution < 1.29 is 13.2 Å². The van der Waals surface area contributed by atoms with Crippen molar-refractivity contribution >= 4 is 22.2 Å². The normalized spacial score (nSPS) is 17.3. The van der Waals surface area contributed by atoms with E-state index in [2.05, 4.69) is 26.0 Å². The molecule has 0 heterocycles. The Morgan fingerprint density at radius 3 is 1.83 bits per heavy atom. The maximum Gasteiger partial charge on any atom is 0.157 e. The van der Waals surface area contributed by atoms with Crippen LogP contribution in [0.3, 0.4) is 0 Å². The Hall–Kier alpha value is -2.04. The number of allylic oxidation sites excluding steroid dienone is 4. The molecule has 1 atom stereocenters. The molecule has 0 saturated heterocycles. The first kappa shape index (κ1) is 16.8. The number of benzene rings is 2. The highest BCUT2D eigenvalue weighted by molar-refractivity contribution is 7.78. The van der Waals surface area contributed by atoms with E-state index < -0.39 is 11.1 Å². The fourth-order valence-corrected chi connectivity index (χ4v) is 3.45. The van der Waals surface area contributed by atoms with Gasteiger partial charge in [-0.15, -0.1) is 0 Å². The second-order valence-electron chi connectivity index (χ2n) is 6.61. The van der Waals surface area contributed by atoms with E-state index >= 15 is 0 Å². The van der Waals surface area contributed by atoms with Gasteiger partial charge in [-0.3, -0.25) is 0 Å². The van der Waals surface area contributed by atoms with Crippen LogP contribution in [0.1, 0.15) is 30.5 Å². The van der Waals surface area contributed by atoms with Gasteiger partial charge in [0.05, 0.1) is 5.75 Å². The van der Waals surface area contributed by atoms with Crippen LogP contribution in [0.2, 0.25) is 0 Å². The summed E-state index contributed by atoms with van der Waals surface area (Å²) in [7, 11) is 0. The van der Waals surface area contributed by atoms with Crippen molar-refractivity contribution in [2.24, 2.45) is 5.41 Å². The summed E-state index contributed by atoms with van der Waals surface area (Å²) in [6, 6.07) is 14.2. The van der Waals surface area contributed by atoms with Gasteiger partial charge in [-0.05, 0) is 40.0 Å². The molecule has 0 aliphatic heterocycles. The van der Waals surface area contributed by atoms with Crippen molar-refractivity contribution in [3.8, 4) is 0 Å². The third kappa shape index (κ3) is 3.71. The van der Waals surface area contributed by atoms with Gasteiger partial charge in [-0.25, -0.2) is 8.60 Å². The fourth-order valence-electron chi connectivity index (χ4n) is 2.97. The lowest BCUT2D eigenvalue weighted by atomic mass is 9.94. The van der Waals surface area contributed by atoms with Gasteiger partial charge in [0.25, 0.3) is 0 Å². The molecule has 0 fully saturated rings. The predicted molar refractivity (Wildman–Crippen MR) is 97.1 cm³/mol. The van der Waals surface area contributed by atoms with E-state index in [0.717, 1.165) is 27.8 Å². The van der Waals surface area contributed by atoms with Crippen LogP contribution in [0.25, 0.3) is 11.1 Å². The third-order valence-corrected chi connectivity index (χ3v) is 4.61. The van der Waals surface area contributed by atoms with Gasteiger partial charge >= 0.3 is 0 Å². The van der Waals surface area contributed by atoms with E-state index in [1.807, 2.05) is 24.3 Å². The molecule has 0 saturated carbocycles. The van der Waals surface area contributed by atoms with Crippen LogP contribution in [-0.4, -0.2) is 8.76 Å². The van der Waals surface area contributed by atoms with Crippen LogP contribution >= 0.6 is 0 Å². The molecule has 0 aromatic heterocycles. The van der Waals surface area contributed by atoms with Crippen molar-refractivity contribution in [3.05, 3.63) is 83.2 Å². The molecular weight excluding hydrogens is 323 g/mol. The number of rotatable bonds is 4. The maximum absolute atomic E-state index is 13.2. The molecule has 24 heavy (non-hydrogen) atoms. The SMILES string of the molecule is CC1(C)C=C(c2ccc(F)cc2)C(c2ccc(CS(=O)O)cc2)=C1. The standard InChI is InChI=1S/C20H19FO2S/c1-20(2)11-18(15-5-3-14(4-6-15)13-24(22)23)19(12-20)16-7-9-17(21)10-8-16/h3-12H,13H2,1-2H3,(H,22,23). The lowest BCUT2D eigenvalue weighted by Gasteiger charge is -2.10. The van der Waals surface area contributed by atoms with Crippen LogP contribution < -0.4 is 0 Å². The summed E-state index contributed by atoms with van der Waals surface area (Å²) in [5, 5.41) is 0. The van der Waals surface area contributed by atoms with E-state index in [-0.39, 0.29) is 17.0 Å². The van der Waals surface area contributed by atoms with E-state index in [9.17, 15) is 8.60 Å². The summed E-state index contributed by atoms with van der Waals surface area (Å²) in [6.07, 6.45) is 4.39. The molecule has 1 N–H and O–H groups in total. The van der Waals surface area contributed by atoms with Crippen molar-refractivity contribution in [3.63, 3.8) is 0 Å². The second kappa shape index (κ2) is 6.46. The third-order valence-electron chi connectivity index (χ3n) is 4.03. The summed E-state index contributed by atoms with van der Waals surface area (Å²) in [5.41, 5.74) is 4.95. The molecule has 3 rings (SSSR count). The van der Waals surface area contributed by atoms with Gasteiger partial charge in [0.2, 0.25) is 0 Å². The smallest absolute Gasteiger partial charge is 0.157 e. The second-order valence-corrected chi connectivity index (χ2v) is 7.54. The van der Waals surface area contributed by atoms with Crippen molar-refractivity contribution in [1.82, 2.24) is 0 Å². The lowest BCUT2D eigenvalue weighted by molar-refractivity contribution is 0.563. The van der Waals surface area contributed by atoms with E-state index in [1.54, 1.807) is 12.1 Å². The molecule has 2 aromatic rings. The quantitative estimate of drug-likeness (QED) is 0.789. The van der Waals surface area contributed by atoms with Crippen molar-refractivity contribution in [2.75, 3.05) is 0 Å². The van der Waals surface area contributed by atoms with E-state index in [0.29, 0.717) is 0 Å². The minimum absolute atomic E-state index is 0.0790. The topological polar surface area (TPSA) is 37.3 Å². The first-order valence-corrected chi connectivity index (χ1v) is 9.00. The average Bonchev–Trinajstić information content (AvgIpc) is 2.84. The number of halogens is 1. The van der Waals surface area contributed by atoms with Crippen molar-refractivity contribution in [1.29, 1.82) is 0 Å². The monoisotopic (exact) mass is 342 g/mol. The minimum atomic E-state index is -1.84. The van der Waals surface area contributed by atoms with Gasteiger partial charge in [0, 0.05) is 5.41 Å². The minimum Gasteiger partial charge on any atom is -0.306 e. The Morgan fingerprint density at radius 1 is 0.917 bits per heavy atom. The zero-order chi connectivity index (χ0) is 17.3. The predicted octanol–water partition coefficient (Wildman–Crippen LogP) is 5.05. The summed E-state index contributed by atoms with van der Waals surface area (Å²) in [5.74, 6) is -0.116. The average molecular weight is 342 g/mol. The maximum atomic E-state index is 13.2. The summed E-state index contributed by atoms with van der Waals surface area (Å²) < 4.78 is 33.1. The van der Waals surface area contributed by atoms with Crippen LogP contribution in [0, 0.1) is 11.2 Å². The molecule has 4 heteroatoms. The van der Waals surface area contributed by atoms with E-state index in [1.165, 1.54) is 12.1 Å². The van der Waals surface area contributed by atoms with Gasteiger partial charge in [0.1, 0.15) is 5.82 Å². The molecular formula is C20H19FO2S. The first-order chi connectivity index (χ1) is 11.3. The highest BCUT2D eigenvalue weighted by Crippen LogP contribution is 2.43. The van der Waals surface area contributed by atoms with E-state index in [4.69, 9.17) is 4.55 Å². The van der Waals surface area contributed by atoms with Crippen molar-refractivity contribution in [2.45, 2.75) is 19.6 Å². The molecule has 0 radical (unpaired) electrons. The molecule has 2 nitrogen and oxygen atoms in total. The Labute approximate surface area is 144 Å². The van der Waals surface area contributed by atoms with Crippen LogP contribution in [0.5, 0.6) is 0 Å². The first-order valence-electron chi connectivity index (χ1n) is 7.73. The molecule has 0 spiro atoms. The van der Waals surface area contributed by atoms with Gasteiger partial charge < -0.3 is 4.55 Å². The Balaban J connectivity index is 1.97. The highest BCUT2D eigenvalue weighted by Gasteiger charge is 2.25. The lowest BCUT2D eigenvalue weighted by Crippen LogP contribution is -1.98.